The summed E-state index contributed by atoms with van der Waals surface area (Å²) in [5, 5.41) is 14.1. The van der Waals surface area contributed by atoms with Crippen LogP contribution in [0.3, 0.4) is 0 Å². The number of benzene rings is 1. The second kappa shape index (κ2) is 6.51. The van der Waals surface area contributed by atoms with Crippen LogP contribution in [0.4, 0.5) is 11.4 Å². The van der Waals surface area contributed by atoms with Crippen LogP contribution in [0.5, 0.6) is 0 Å². The number of nitro groups is 1. The van der Waals surface area contributed by atoms with Crippen molar-refractivity contribution in [2.75, 3.05) is 5.32 Å². The zero-order valence-electron chi connectivity index (χ0n) is 12.6. The molecule has 0 fully saturated rings. The Kier molecular flexibility index (Phi) is 4.55. The van der Waals surface area contributed by atoms with E-state index in [1.165, 1.54) is 28.8 Å². The number of non-ortho nitro benzene ring substituents is 1. The van der Waals surface area contributed by atoms with Crippen LogP contribution >= 0.6 is 34.8 Å². The zero-order valence-corrected chi connectivity index (χ0v) is 14.9. The number of rotatable bonds is 3. The van der Waals surface area contributed by atoms with Crippen molar-refractivity contribution in [2.24, 2.45) is 0 Å². The topological polar surface area (TPSA) is 89.5 Å². The van der Waals surface area contributed by atoms with Crippen LogP contribution in [-0.2, 0) is 0 Å². The summed E-state index contributed by atoms with van der Waals surface area (Å²) in [4.78, 5) is 27.1. The fourth-order valence-electron chi connectivity index (χ4n) is 2.36. The van der Waals surface area contributed by atoms with Gasteiger partial charge in [-0.25, -0.2) is 4.98 Å². The fraction of sp³-hybridized carbons (Fsp3) is 0.0667. The van der Waals surface area contributed by atoms with Crippen molar-refractivity contribution in [3.05, 3.63) is 67.0 Å². The highest BCUT2D eigenvalue weighted by Crippen LogP contribution is 2.28. The number of hydrogen-bond donors (Lipinski definition) is 1. The molecule has 0 aliphatic carbocycles. The van der Waals surface area contributed by atoms with Gasteiger partial charge in [-0.2, -0.15) is 0 Å². The number of nitro benzene ring substituents is 1. The van der Waals surface area contributed by atoms with E-state index in [9.17, 15) is 14.9 Å². The van der Waals surface area contributed by atoms with E-state index < -0.39 is 10.8 Å². The Morgan fingerprint density at radius 1 is 1.24 bits per heavy atom. The third kappa shape index (κ3) is 3.26. The number of hydrogen-bond acceptors (Lipinski definition) is 4. The molecule has 2 aromatic heterocycles. The minimum Gasteiger partial charge on any atom is -0.319 e. The van der Waals surface area contributed by atoms with Gasteiger partial charge in [-0.3, -0.25) is 19.3 Å². The lowest BCUT2D eigenvalue weighted by molar-refractivity contribution is -0.384. The van der Waals surface area contributed by atoms with Gasteiger partial charge in [0.1, 0.15) is 5.69 Å². The lowest BCUT2D eigenvalue weighted by atomic mass is 10.2. The van der Waals surface area contributed by atoms with Gasteiger partial charge >= 0.3 is 0 Å². The van der Waals surface area contributed by atoms with Crippen molar-refractivity contribution in [3.63, 3.8) is 0 Å². The van der Waals surface area contributed by atoms with E-state index in [0.717, 1.165) is 6.07 Å². The number of halogens is 3. The standard InChI is InChI=1S/C15H9Cl3N4O3/c1-7-13(21-6-8(16)4-11(18)14(21)19-7)15(23)20-12-3-2-9(22(24)25)5-10(12)17/h2-6H,1H3,(H,20,23). The number of carbonyl (C=O) groups is 1. The predicted molar refractivity (Wildman–Crippen MR) is 96.0 cm³/mol. The molecule has 0 saturated carbocycles. The fourth-order valence-corrected chi connectivity index (χ4v) is 3.10. The second-order valence-corrected chi connectivity index (χ2v) is 6.37. The first-order valence-electron chi connectivity index (χ1n) is 6.87. The number of aryl methyl sites for hydroxylation is 1. The monoisotopic (exact) mass is 398 g/mol. The smallest absolute Gasteiger partial charge is 0.274 e. The first-order chi connectivity index (χ1) is 11.8. The molecule has 0 saturated heterocycles. The average Bonchev–Trinajstić information content (AvgIpc) is 2.85. The molecule has 128 valence electrons. The highest BCUT2D eigenvalue weighted by molar-refractivity contribution is 6.36. The number of nitrogens with one attached hydrogen (secondary N) is 1. The van der Waals surface area contributed by atoms with Gasteiger partial charge in [0.2, 0.25) is 0 Å². The summed E-state index contributed by atoms with van der Waals surface area (Å²) < 4.78 is 1.48. The zero-order chi connectivity index (χ0) is 18.3. The van der Waals surface area contributed by atoms with Crippen molar-refractivity contribution >= 4 is 57.7 Å². The number of pyridine rings is 1. The van der Waals surface area contributed by atoms with Crippen LogP contribution in [0.2, 0.25) is 15.1 Å². The van der Waals surface area contributed by atoms with Crippen molar-refractivity contribution in [1.29, 1.82) is 0 Å². The molecule has 0 unspecified atom stereocenters. The molecule has 1 N–H and O–H groups in total. The van der Waals surface area contributed by atoms with Gasteiger partial charge in [-0.05, 0) is 19.1 Å². The van der Waals surface area contributed by atoms with Gasteiger partial charge in [-0.1, -0.05) is 34.8 Å². The maximum atomic E-state index is 12.7. The molecule has 25 heavy (non-hydrogen) atoms. The highest BCUT2D eigenvalue weighted by Gasteiger charge is 2.20. The quantitative estimate of drug-likeness (QED) is 0.508. The number of imidazole rings is 1. The van der Waals surface area contributed by atoms with E-state index in [2.05, 4.69) is 10.3 Å². The lowest BCUT2D eigenvalue weighted by Gasteiger charge is -2.08. The molecule has 3 rings (SSSR count). The maximum Gasteiger partial charge on any atom is 0.274 e. The Hall–Kier alpha value is -2.35. The summed E-state index contributed by atoms with van der Waals surface area (Å²) in [6.45, 7) is 1.66. The highest BCUT2D eigenvalue weighted by atomic mass is 35.5. The molecule has 2 heterocycles. The molecule has 0 aliphatic heterocycles. The molecule has 1 aromatic carbocycles. The molecule has 3 aromatic rings. The number of amides is 1. The number of anilines is 1. The van der Waals surface area contributed by atoms with Gasteiger partial charge in [0.15, 0.2) is 5.65 Å². The van der Waals surface area contributed by atoms with E-state index >= 15 is 0 Å². The SMILES string of the molecule is Cc1nc2c(Cl)cc(Cl)cn2c1C(=O)Nc1ccc([N+](=O)[O-])cc1Cl. The average molecular weight is 400 g/mol. The number of aromatic nitrogens is 2. The summed E-state index contributed by atoms with van der Waals surface area (Å²) >= 11 is 18.1. The van der Waals surface area contributed by atoms with Crippen LogP contribution < -0.4 is 5.32 Å². The van der Waals surface area contributed by atoms with Gasteiger partial charge in [0.05, 0.1) is 31.4 Å². The molecule has 0 radical (unpaired) electrons. The third-order valence-corrected chi connectivity index (χ3v) is 4.24. The molecule has 0 atom stereocenters. The van der Waals surface area contributed by atoms with Crippen LogP contribution in [0.25, 0.3) is 5.65 Å². The number of nitrogens with zero attached hydrogens (tertiary/aromatic N) is 3. The summed E-state index contributed by atoms with van der Waals surface area (Å²) in [5.41, 5.74) is 1.13. The van der Waals surface area contributed by atoms with Crippen molar-refractivity contribution in [2.45, 2.75) is 6.92 Å². The Bertz CT molecular complexity index is 1030. The Morgan fingerprint density at radius 2 is 1.96 bits per heavy atom. The van der Waals surface area contributed by atoms with Crippen LogP contribution in [0, 0.1) is 17.0 Å². The van der Waals surface area contributed by atoms with Crippen molar-refractivity contribution in [3.8, 4) is 0 Å². The largest absolute Gasteiger partial charge is 0.319 e. The van der Waals surface area contributed by atoms with E-state index in [-0.39, 0.29) is 22.1 Å². The van der Waals surface area contributed by atoms with Crippen molar-refractivity contribution < 1.29 is 9.72 Å². The van der Waals surface area contributed by atoms with Gasteiger partial charge in [0, 0.05) is 18.3 Å². The van der Waals surface area contributed by atoms with Crippen LogP contribution in [-0.4, -0.2) is 20.2 Å². The van der Waals surface area contributed by atoms with E-state index in [1.54, 1.807) is 6.92 Å². The molecule has 7 nitrogen and oxygen atoms in total. The Balaban J connectivity index is 2.01. The van der Waals surface area contributed by atoms with Gasteiger partial charge in [-0.15, -0.1) is 0 Å². The normalized spacial score (nSPS) is 10.9. The van der Waals surface area contributed by atoms with Gasteiger partial charge < -0.3 is 5.32 Å². The summed E-state index contributed by atoms with van der Waals surface area (Å²) in [7, 11) is 0. The van der Waals surface area contributed by atoms with Crippen LogP contribution in [0.15, 0.2) is 30.5 Å². The number of carbonyl (C=O) groups excluding carboxylic acids is 1. The van der Waals surface area contributed by atoms with Gasteiger partial charge in [0.25, 0.3) is 11.6 Å². The van der Waals surface area contributed by atoms with E-state index in [0.29, 0.717) is 21.4 Å². The lowest BCUT2D eigenvalue weighted by Crippen LogP contribution is -2.16. The summed E-state index contributed by atoms with van der Waals surface area (Å²) in [6.07, 6.45) is 1.52. The minimum absolute atomic E-state index is 0.0464. The molecule has 1 amide bonds. The molecular weight excluding hydrogens is 391 g/mol. The van der Waals surface area contributed by atoms with Crippen molar-refractivity contribution in [1.82, 2.24) is 9.38 Å². The first kappa shape index (κ1) is 17.5. The third-order valence-electron chi connectivity index (χ3n) is 3.44. The summed E-state index contributed by atoms with van der Waals surface area (Å²) in [5.74, 6) is -0.501. The van der Waals surface area contributed by atoms with E-state index in [1.807, 2.05) is 0 Å². The molecule has 0 bridgehead atoms. The second-order valence-electron chi connectivity index (χ2n) is 5.12. The van der Waals surface area contributed by atoms with E-state index in [4.69, 9.17) is 34.8 Å². The predicted octanol–water partition coefficient (Wildman–Crippen LogP) is 4.76. The Labute approximate surface area is 156 Å². The molecule has 10 heteroatoms. The molecular formula is C15H9Cl3N4O3. The maximum absolute atomic E-state index is 12.7. The minimum atomic E-state index is -0.573. The van der Waals surface area contributed by atoms with Crippen LogP contribution in [0.1, 0.15) is 16.2 Å². The molecule has 0 spiro atoms. The Morgan fingerprint density at radius 3 is 2.60 bits per heavy atom. The first-order valence-corrected chi connectivity index (χ1v) is 8.00. The molecule has 0 aliphatic rings. The summed E-state index contributed by atoms with van der Waals surface area (Å²) in [6, 6.07) is 5.29. The number of fused-ring (bicyclic) bond motifs is 1.